The molecular weight excluding hydrogens is 222 g/mol. The van der Waals surface area contributed by atoms with Gasteiger partial charge < -0.3 is 10.1 Å². The second-order valence-corrected chi connectivity index (χ2v) is 7.05. The first-order valence-electron chi connectivity index (χ1n) is 4.21. The maximum Gasteiger partial charge on any atom is 0.415 e. The summed E-state index contributed by atoms with van der Waals surface area (Å²) < 4.78 is 4.49. The van der Waals surface area contributed by atoms with E-state index in [1.807, 2.05) is 0 Å². The monoisotopic (exact) mass is 235 g/mol. The quantitative estimate of drug-likeness (QED) is 0.459. The molecule has 1 heterocycles. The molecule has 1 rings (SSSR count). The number of ether oxygens (including phenoxy) is 1. The third kappa shape index (κ3) is 3.79. The first kappa shape index (κ1) is 11.7. The molecule has 0 aromatic carbocycles. The second-order valence-electron chi connectivity index (χ2n) is 3.89. The van der Waals surface area contributed by atoms with Gasteiger partial charge in [0.15, 0.2) is 0 Å². The van der Waals surface area contributed by atoms with E-state index in [9.17, 15) is 9.59 Å². The molecular formula is C8H13NO3S2. The normalized spacial score (nSPS) is 22.1. The van der Waals surface area contributed by atoms with Crippen LogP contribution in [0.25, 0.3) is 0 Å². The smallest absolute Gasteiger partial charge is 0.375 e. The van der Waals surface area contributed by atoms with Crippen molar-refractivity contribution in [1.82, 2.24) is 5.32 Å². The van der Waals surface area contributed by atoms with E-state index in [2.05, 4.69) is 30.8 Å². The average molecular weight is 235 g/mol. The summed E-state index contributed by atoms with van der Waals surface area (Å²) in [6, 6.07) is -0.484. The van der Waals surface area contributed by atoms with Gasteiger partial charge in [-0.05, 0) is 0 Å². The van der Waals surface area contributed by atoms with Crippen LogP contribution in [0, 0.1) is 0 Å². The van der Waals surface area contributed by atoms with E-state index >= 15 is 0 Å². The van der Waals surface area contributed by atoms with Gasteiger partial charge in [-0.25, -0.2) is 9.59 Å². The van der Waals surface area contributed by atoms with E-state index in [1.54, 1.807) is 21.6 Å². The van der Waals surface area contributed by atoms with Crippen molar-refractivity contribution in [3.8, 4) is 0 Å². The molecule has 0 aliphatic carbocycles. The molecule has 0 aromatic heterocycles. The van der Waals surface area contributed by atoms with Crippen LogP contribution in [0.3, 0.4) is 0 Å². The molecule has 0 spiro atoms. The molecule has 1 fully saturated rings. The summed E-state index contributed by atoms with van der Waals surface area (Å²) in [4.78, 5) is 21.7. The Balaban J connectivity index is 2.26. The standard InChI is InChI=1S/C8H13NO3S2/c1-8(2,3)14-13-4-5-6(10)12-7(11)9-5/h5H,4H2,1-3H3,(H,9,11)/t5-/m0/s1. The largest absolute Gasteiger partial charge is 0.415 e. The van der Waals surface area contributed by atoms with Crippen LogP contribution < -0.4 is 5.32 Å². The SMILES string of the molecule is CC(C)(C)SSC[C@@H]1NC(=O)OC1=O. The molecule has 0 bridgehead atoms. The highest BCUT2D eigenvalue weighted by Gasteiger charge is 2.32. The van der Waals surface area contributed by atoms with Gasteiger partial charge in [-0.1, -0.05) is 42.4 Å². The van der Waals surface area contributed by atoms with Crippen molar-refractivity contribution in [2.24, 2.45) is 0 Å². The summed E-state index contributed by atoms with van der Waals surface area (Å²) in [6.45, 7) is 6.28. The topological polar surface area (TPSA) is 55.4 Å². The van der Waals surface area contributed by atoms with Gasteiger partial charge in [0.25, 0.3) is 0 Å². The molecule has 4 nitrogen and oxygen atoms in total. The lowest BCUT2D eigenvalue weighted by atomic mass is 10.3. The van der Waals surface area contributed by atoms with Crippen molar-refractivity contribution in [1.29, 1.82) is 0 Å². The van der Waals surface area contributed by atoms with Gasteiger partial charge in [0, 0.05) is 10.5 Å². The predicted molar refractivity (Wildman–Crippen MR) is 58.2 cm³/mol. The Morgan fingerprint density at radius 3 is 2.50 bits per heavy atom. The summed E-state index contributed by atoms with van der Waals surface area (Å²) in [6.07, 6.45) is -0.638. The molecule has 1 saturated heterocycles. The fourth-order valence-electron chi connectivity index (χ4n) is 0.782. The van der Waals surface area contributed by atoms with Crippen molar-refractivity contribution in [3.63, 3.8) is 0 Å². The summed E-state index contributed by atoms with van der Waals surface area (Å²) in [5.41, 5.74) is 0. The van der Waals surface area contributed by atoms with E-state index in [0.717, 1.165) is 0 Å². The fourth-order valence-corrected chi connectivity index (χ4v) is 3.23. The van der Waals surface area contributed by atoms with E-state index < -0.39 is 18.1 Å². The van der Waals surface area contributed by atoms with Crippen molar-refractivity contribution in [3.05, 3.63) is 0 Å². The zero-order chi connectivity index (χ0) is 10.8. The maximum absolute atomic E-state index is 11.0. The second kappa shape index (κ2) is 4.44. The van der Waals surface area contributed by atoms with Crippen molar-refractivity contribution < 1.29 is 14.3 Å². The first-order valence-corrected chi connectivity index (χ1v) is 6.53. The van der Waals surface area contributed by atoms with Crippen LogP contribution in [-0.2, 0) is 9.53 Å². The minimum absolute atomic E-state index is 0.150. The Hall–Kier alpha value is -0.360. The lowest BCUT2D eigenvalue weighted by molar-refractivity contribution is -0.134. The molecule has 14 heavy (non-hydrogen) atoms. The van der Waals surface area contributed by atoms with Crippen molar-refractivity contribution in [2.75, 3.05) is 5.75 Å². The van der Waals surface area contributed by atoms with E-state index in [1.165, 1.54) is 0 Å². The molecule has 0 radical (unpaired) electrons. The molecule has 80 valence electrons. The Morgan fingerprint density at radius 2 is 2.07 bits per heavy atom. The van der Waals surface area contributed by atoms with Gasteiger partial charge in [-0.3, -0.25) is 0 Å². The van der Waals surface area contributed by atoms with Crippen LogP contribution in [0.2, 0.25) is 0 Å². The van der Waals surface area contributed by atoms with Crippen LogP contribution in [0.15, 0.2) is 0 Å². The number of rotatable bonds is 3. The van der Waals surface area contributed by atoms with Crippen LogP contribution in [0.4, 0.5) is 4.79 Å². The third-order valence-electron chi connectivity index (χ3n) is 1.31. The third-order valence-corrected chi connectivity index (χ3v) is 4.66. The highest BCUT2D eigenvalue weighted by atomic mass is 33.1. The van der Waals surface area contributed by atoms with Gasteiger partial charge in [0.1, 0.15) is 6.04 Å². The molecule has 0 saturated carbocycles. The molecule has 1 aliphatic rings. The van der Waals surface area contributed by atoms with Crippen molar-refractivity contribution >= 4 is 33.7 Å². The zero-order valence-electron chi connectivity index (χ0n) is 8.33. The van der Waals surface area contributed by atoms with Gasteiger partial charge in [0.2, 0.25) is 0 Å². The molecule has 1 aliphatic heterocycles. The number of amides is 1. The van der Waals surface area contributed by atoms with Crippen LogP contribution >= 0.6 is 21.6 Å². The van der Waals surface area contributed by atoms with Gasteiger partial charge in [0.05, 0.1) is 0 Å². The minimum atomic E-state index is -0.638. The number of hydrogen-bond acceptors (Lipinski definition) is 5. The first-order chi connectivity index (χ1) is 6.38. The van der Waals surface area contributed by atoms with Gasteiger partial charge in [-0.2, -0.15) is 0 Å². The molecule has 0 aromatic rings. The van der Waals surface area contributed by atoms with E-state index in [0.29, 0.717) is 5.75 Å². The molecule has 6 heteroatoms. The lowest BCUT2D eigenvalue weighted by Crippen LogP contribution is -2.30. The highest BCUT2D eigenvalue weighted by Crippen LogP contribution is 2.35. The van der Waals surface area contributed by atoms with Crippen LogP contribution in [0.1, 0.15) is 20.8 Å². The van der Waals surface area contributed by atoms with Crippen LogP contribution in [0.5, 0.6) is 0 Å². The number of esters is 1. The number of nitrogens with one attached hydrogen (secondary N) is 1. The lowest BCUT2D eigenvalue weighted by Gasteiger charge is -2.16. The zero-order valence-corrected chi connectivity index (χ0v) is 9.96. The summed E-state index contributed by atoms with van der Waals surface area (Å²) in [5, 5.41) is 2.45. The summed E-state index contributed by atoms with van der Waals surface area (Å²) >= 11 is 0. The van der Waals surface area contributed by atoms with E-state index in [4.69, 9.17) is 0 Å². The number of hydrogen-bond donors (Lipinski definition) is 1. The highest BCUT2D eigenvalue weighted by molar-refractivity contribution is 8.77. The number of cyclic esters (lactones) is 2. The number of carbonyl (C=O) groups excluding carboxylic acids is 2. The Morgan fingerprint density at radius 1 is 1.43 bits per heavy atom. The number of alkyl carbamates (subject to hydrolysis) is 1. The summed E-state index contributed by atoms with van der Waals surface area (Å²) in [5.74, 6) is 0.0731. The van der Waals surface area contributed by atoms with Crippen LogP contribution in [-0.4, -0.2) is 28.6 Å². The van der Waals surface area contributed by atoms with Crippen molar-refractivity contribution in [2.45, 2.75) is 31.6 Å². The Labute approximate surface area is 90.9 Å². The molecule has 1 atom stereocenters. The fraction of sp³-hybridized carbons (Fsp3) is 0.750. The maximum atomic E-state index is 11.0. The van der Waals surface area contributed by atoms with E-state index in [-0.39, 0.29) is 4.75 Å². The Bertz CT molecular complexity index is 249. The summed E-state index contributed by atoms with van der Waals surface area (Å²) in [7, 11) is 3.25. The van der Waals surface area contributed by atoms with Gasteiger partial charge >= 0.3 is 12.1 Å². The average Bonchev–Trinajstić information content (AvgIpc) is 2.27. The minimum Gasteiger partial charge on any atom is -0.375 e. The molecule has 1 amide bonds. The molecule has 1 N–H and O–H groups in total. The number of carbonyl (C=O) groups is 2. The molecule has 0 unspecified atom stereocenters. The Kier molecular flexibility index (Phi) is 3.71. The van der Waals surface area contributed by atoms with Gasteiger partial charge in [-0.15, -0.1) is 0 Å². The predicted octanol–water partition coefficient (Wildman–Crippen LogP) is 1.80.